The van der Waals surface area contributed by atoms with Gasteiger partial charge in [-0.3, -0.25) is 9.59 Å². The van der Waals surface area contributed by atoms with E-state index < -0.39 is 12.1 Å². The van der Waals surface area contributed by atoms with Crippen LogP contribution in [0.3, 0.4) is 0 Å². The van der Waals surface area contributed by atoms with E-state index in [1.165, 1.54) is 0 Å². The summed E-state index contributed by atoms with van der Waals surface area (Å²) in [5.74, 6) is 5.73. The fraction of sp³-hybridized carbons (Fsp3) is 0.357. The van der Waals surface area contributed by atoms with Gasteiger partial charge in [0.05, 0.1) is 11.7 Å². The molecule has 0 saturated heterocycles. The van der Waals surface area contributed by atoms with E-state index in [1.807, 2.05) is 51.2 Å². The number of aliphatic hydroxyl groups is 1. The highest BCUT2D eigenvalue weighted by Crippen LogP contribution is 2.28. The minimum Gasteiger partial charge on any atom is -0.490 e. The van der Waals surface area contributed by atoms with Gasteiger partial charge in [-0.15, -0.1) is 0 Å². The molecule has 0 aliphatic carbocycles. The lowest BCUT2D eigenvalue weighted by Crippen LogP contribution is -2.38. The number of aromatic amines is 1. The average Bonchev–Trinajstić information content (AvgIpc) is 3.27. The first kappa shape index (κ1) is 25.9. The number of hydrogen-bond acceptors (Lipinski definition) is 4. The molecule has 2 atom stereocenters. The molecule has 3 aromatic rings. The number of aliphatic hydroxyl groups excluding tert-OH is 1. The van der Waals surface area contributed by atoms with Crippen molar-refractivity contribution < 1.29 is 19.4 Å². The molecule has 2 amide bonds. The molecular formula is C28H33N3O4. The van der Waals surface area contributed by atoms with Crippen molar-refractivity contribution in [3.63, 3.8) is 0 Å². The summed E-state index contributed by atoms with van der Waals surface area (Å²) in [6, 6.07) is 13.0. The Labute approximate surface area is 206 Å². The zero-order chi connectivity index (χ0) is 25.4. The molecule has 7 heteroatoms. The maximum atomic E-state index is 13.2. The zero-order valence-corrected chi connectivity index (χ0v) is 20.6. The second-order valence-corrected chi connectivity index (χ2v) is 8.70. The Hall–Kier alpha value is -3.76. The fourth-order valence-corrected chi connectivity index (χ4v) is 3.75. The van der Waals surface area contributed by atoms with Crippen LogP contribution in [0.25, 0.3) is 10.9 Å². The second-order valence-electron chi connectivity index (χ2n) is 8.70. The van der Waals surface area contributed by atoms with Crippen LogP contribution in [0.2, 0.25) is 0 Å². The summed E-state index contributed by atoms with van der Waals surface area (Å²) >= 11 is 0. The standard InChI is InChI=1S/C28H33N3O4/c1-18(2)35-25-15-14-20(10-6-5-7-13-26(32)29-4)16-22(25)28(34)31-27(33)19(3)23-17-30-24-12-9-8-11-21(23)24/h8-9,11-12,14-19,27,30,33H,5,7,13H2,1-4H3,(H,29,32)(H,31,34). The van der Waals surface area contributed by atoms with E-state index in [4.69, 9.17) is 4.74 Å². The molecule has 0 bridgehead atoms. The van der Waals surface area contributed by atoms with Crippen LogP contribution in [0.1, 0.15) is 67.4 Å². The van der Waals surface area contributed by atoms with Crippen LogP contribution in [-0.4, -0.2) is 41.3 Å². The monoisotopic (exact) mass is 475 g/mol. The van der Waals surface area contributed by atoms with Crippen LogP contribution >= 0.6 is 0 Å². The van der Waals surface area contributed by atoms with Crippen molar-refractivity contribution in [2.75, 3.05) is 7.05 Å². The van der Waals surface area contributed by atoms with Crippen molar-refractivity contribution >= 4 is 22.7 Å². The number of benzene rings is 2. The topological polar surface area (TPSA) is 103 Å². The van der Waals surface area contributed by atoms with Crippen LogP contribution < -0.4 is 15.4 Å². The number of aromatic nitrogens is 1. The number of amides is 2. The highest BCUT2D eigenvalue weighted by atomic mass is 16.5. The van der Waals surface area contributed by atoms with E-state index in [0.29, 0.717) is 36.1 Å². The number of para-hydroxylation sites is 1. The van der Waals surface area contributed by atoms with E-state index in [2.05, 4.69) is 27.5 Å². The third-order valence-corrected chi connectivity index (χ3v) is 5.67. The molecule has 2 aromatic carbocycles. The first-order valence-corrected chi connectivity index (χ1v) is 11.8. The molecule has 1 aromatic heterocycles. The van der Waals surface area contributed by atoms with E-state index >= 15 is 0 Å². The van der Waals surface area contributed by atoms with Crippen molar-refractivity contribution in [2.45, 2.75) is 58.3 Å². The van der Waals surface area contributed by atoms with Crippen LogP contribution in [0.15, 0.2) is 48.7 Å². The normalized spacial score (nSPS) is 12.5. The van der Waals surface area contributed by atoms with Crippen LogP contribution in [-0.2, 0) is 4.79 Å². The maximum Gasteiger partial charge on any atom is 0.257 e. The molecule has 2 unspecified atom stereocenters. The smallest absolute Gasteiger partial charge is 0.257 e. The van der Waals surface area contributed by atoms with Crippen molar-refractivity contribution in [2.24, 2.45) is 0 Å². The third kappa shape index (κ3) is 6.87. The molecule has 0 fully saturated rings. The van der Waals surface area contributed by atoms with Crippen molar-refractivity contribution in [3.05, 3.63) is 65.4 Å². The van der Waals surface area contributed by atoms with E-state index in [1.54, 1.807) is 25.2 Å². The van der Waals surface area contributed by atoms with Gasteiger partial charge in [0.2, 0.25) is 5.91 Å². The van der Waals surface area contributed by atoms with Gasteiger partial charge in [-0.05, 0) is 50.1 Å². The number of carbonyl (C=O) groups excluding carboxylic acids is 2. The molecule has 3 rings (SSSR count). The summed E-state index contributed by atoms with van der Waals surface area (Å²) in [6.45, 7) is 5.64. The summed E-state index contributed by atoms with van der Waals surface area (Å²) < 4.78 is 5.84. The molecule has 4 N–H and O–H groups in total. The number of unbranched alkanes of at least 4 members (excludes halogenated alkanes) is 1. The van der Waals surface area contributed by atoms with Crippen LogP contribution in [0, 0.1) is 11.8 Å². The largest absolute Gasteiger partial charge is 0.490 e. The van der Waals surface area contributed by atoms with E-state index in [0.717, 1.165) is 16.5 Å². The molecule has 0 aliphatic heterocycles. The average molecular weight is 476 g/mol. The Kier molecular flexibility index (Phi) is 8.93. The van der Waals surface area contributed by atoms with Crippen LogP contribution in [0.4, 0.5) is 0 Å². The van der Waals surface area contributed by atoms with Gasteiger partial charge in [-0.25, -0.2) is 0 Å². The van der Waals surface area contributed by atoms with Gasteiger partial charge >= 0.3 is 0 Å². The summed E-state index contributed by atoms with van der Waals surface area (Å²) in [5.41, 5.74) is 2.86. The molecular weight excluding hydrogens is 442 g/mol. The Morgan fingerprint density at radius 2 is 1.91 bits per heavy atom. The van der Waals surface area contributed by atoms with Gasteiger partial charge < -0.3 is 25.5 Å². The van der Waals surface area contributed by atoms with E-state index in [9.17, 15) is 14.7 Å². The predicted molar refractivity (Wildman–Crippen MR) is 137 cm³/mol. The number of nitrogens with one attached hydrogen (secondary N) is 3. The van der Waals surface area contributed by atoms with Gasteiger partial charge in [0.15, 0.2) is 0 Å². The summed E-state index contributed by atoms with van der Waals surface area (Å²) in [4.78, 5) is 27.7. The lowest BCUT2D eigenvalue weighted by Gasteiger charge is -2.21. The molecule has 1 heterocycles. The summed E-state index contributed by atoms with van der Waals surface area (Å²) in [7, 11) is 1.61. The number of hydrogen-bond donors (Lipinski definition) is 4. The fourth-order valence-electron chi connectivity index (χ4n) is 3.75. The molecule has 0 radical (unpaired) electrons. The Morgan fingerprint density at radius 3 is 2.66 bits per heavy atom. The maximum absolute atomic E-state index is 13.2. The Balaban J connectivity index is 1.75. The number of H-pyrrole nitrogens is 1. The van der Waals surface area contributed by atoms with Gasteiger partial charge in [0.1, 0.15) is 12.0 Å². The predicted octanol–water partition coefficient (Wildman–Crippen LogP) is 4.07. The minimum absolute atomic E-state index is 0.0126. The molecule has 0 spiro atoms. The number of ether oxygens (including phenoxy) is 1. The lowest BCUT2D eigenvalue weighted by molar-refractivity contribution is -0.120. The molecule has 35 heavy (non-hydrogen) atoms. The minimum atomic E-state index is -1.10. The highest BCUT2D eigenvalue weighted by molar-refractivity contribution is 5.97. The first-order chi connectivity index (χ1) is 16.8. The number of carbonyl (C=O) groups is 2. The number of rotatable bonds is 9. The highest BCUT2D eigenvalue weighted by Gasteiger charge is 2.23. The van der Waals surface area contributed by atoms with E-state index in [-0.39, 0.29) is 17.9 Å². The SMILES string of the molecule is CNC(=O)CCCC#Cc1ccc(OC(C)C)c(C(=O)NC(O)C(C)c2c[nH]c3ccccc23)c1. The van der Waals surface area contributed by atoms with Crippen LogP contribution in [0.5, 0.6) is 5.75 Å². The molecule has 184 valence electrons. The van der Waals surface area contributed by atoms with Gasteiger partial charge in [-0.2, -0.15) is 0 Å². The lowest BCUT2D eigenvalue weighted by atomic mass is 9.98. The zero-order valence-electron chi connectivity index (χ0n) is 20.6. The molecule has 7 nitrogen and oxygen atoms in total. The number of fused-ring (bicyclic) bond motifs is 1. The third-order valence-electron chi connectivity index (χ3n) is 5.67. The van der Waals surface area contributed by atoms with Gasteiger partial charge in [0.25, 0.3) is 5.91 Å². The Morgan fingerprint density at radius 1 is 1.14 bits per heavy atom. The van der Waals surface area contributed by atoms with Crippen molar-refractivity contribution in [1.29, 1.82) is 0 Å². The summed E-state index contributed by atoms with van der Waals surface area (Å²) in [5, 5.41) is 17.2. The van der Waals surface area contributed by atoms with Gasteiger partial charge in [0, 0.05) is 48.5 Å². The summed E-state index contributed by atoms with van der Waals surface area (Å²) in [6.07, 6.45) is 2.28. The molecule has 0 aliphatic rings. The Bertz CT molecular complexity index is 1240. The van der Waals surface area contributed by atoms with Crippen molar-refractivity contribution in [1.82, 2.24) is 15.6 Å². The van der Waals surface area contributed by atoms with Crippen molar-refractivity contribution in [3.8, 4) is 17.6 Å². The second kappa shape index (κ2) is 12.1. The quantitative estimate of drug-likeness (QED) is 0.213. The molecule has 0 saturated carbocycles. The first-order valence-electron chi connectivity index (χ1n) is 11.8. The van der Waals surface area contributed by atoms with Gasteiger partial charge in [-0.1, -0.05) is 37.0 Å².